The highest BCUT2D eigenvalue weighted by Gasteiger charge is 2.36. The zero-order chi connectivity index (χ0) is 15.5. The molecule has 0 saturated heterocycles. The third-order valence-electron chi connectivity index (χ3n) is 4.71. The Bertz CT molecular complexity index is 477. The van der Waals surface area contributed by atoms with E-state index in [4.69, 9.17) is 0 Å². The summed E-state index contributed by atoms with van der Waals surface area (Å²) in [5.74, 6) is 0.0186. The number of hydrogen-bond acceptors (Lipinski definition) is 3. The van der Waals surface area contributed by atoms with Crippen LogP contribution in [0.4, 0.5) is 0 Å². The van der Waals surface area contributed by atoms with Crippen molar-refractivity contribution in [3.05, 3.63) is 29.8 Å². The molecule has 2 N–H and O–H groups in total. The molecule has 0 aliphatic heterocycles. The van der Waals surface area contributed by atoms with Crippen LogP contribution in [0.15, 0.2) is 24.3 Å². The molecule has 1 amide bonds. The molecule has 2 rings (SSSR count). The molecule has 4 nitrogen and oxygen atoms in total. The van der Waals surface area contributed by atoms with E-state index in [0.717, 1.165) is 31.2 Å². The van der Waals surface area contributed by atoms with E-state index in [2.05, 4.69) is 0 Å². The molecule has 0 radical (unpaired) electrons. The normalized spacial score (nSPS) is 18.4. The molecule has 4 heteroatoms. The maximum absolute atomic E-state index is 12.6. The standard InChI is InChI=1S/C17H25NO3/c1-13(14-5-7-15(20)8-6-14)16(21)18(2)11-17(12-19)9-3-4-10-17/h5-8,13,19-20H,3-4,9-12H2,1-2H3/t13-/m0/s1. The number of benzene rings is 1. The van der Waals surface area contributed by atoms with Crippen molar-refractivity contribution < 1.29 is 15.0 Å². The lowest BCUT2D eigenvalue weighted by molar-refractivity contribution is -0.133. The van der Waals surface area contributed by atoms with Gasteiger partial charge in [-0.3, -0.25) is 4.79 Å². The molecular weight excluding hydrogens is 266 g/mol. The van der Waals surface area contributed by atoms with Gasteiger partial charge in [0, 0.05) is 19.0 Å². The fourth-order valence-electron chi connectivity index (χ4n) is 3.31. The monoisotopic (exact) mass is 291 g/mol. The van der Waals surface area contributed by atoms with Crippen LogP contribution in [0.25, 0.3) is 0 Å². The number of hydrogen-bond donors (Lipinski definition) is 2. The first-order chi connectivity index (χ1) is 9.97. The molecule has 21 heavy (non-hydrogen) atoms. The predicted molar refractivity (Wildman–Crippen MR) is 82.1 cm³/mol. The van der Waals surface area contributed by atoms with Crippen molar-refractivity contribution in [2.24, 2.45) is 5.41 Å². The summed E-state index contributed by atoms with van der Waals surface area (Å²) in [5, 5.41) is 19.0. The van der Waals surface area contributed by atoms with Gasteiger partial charge in [-0.15, -0.1) is 0 Å². The SMILES string of the molecule is C[C@H](C(=O)N(C)CC1(CO)CCCC1)c1ccc(O)cc1. The van der Waals surface area contributed by atoms with Crippen molar-refractivity contribution in [2.75, 3.05) is 20.2 Å². The molecule has 1 fully saturated rings. The number of rotatable bonds is 5. The van der Waals surface area contributed by atoms with Crippen molar-refractivity contribution in [2.45, 2.75) is 38.5 Å². The quantitative estimate of drug-likeness (QED) is 0.876. The Hall–Kier alpha value is -1.55. The summed E-state index contributed by atoms with van der Waals surface area (Å²) < 4.78 is 0. The summed E-state index contributed by atoms with van der Waals surface area (Å²) in [5.41, 5.74) is 0.785. The van der Waals surface area contributed by atoms with Crippen molar-refractivity contribution in [1.82, 2.24) is 4.90 Å². The van der Waals surface area contributed by atoms with Gasteiger partial charge in [0.25, 0.3) is 0 Å². The maximum atomic E-state index is 12.6. The van der Waals surface area contributed by atoms with Crippen LogP contribution in [0.1, 0.15) is 44.1 Å². The van der Waals surface area contributed by atoms with Gasteiger partial charge in [-0.25, -0.2) is 0 Å². The van der Waals surface area contributed by atoms with Crippen LogP contribution in [0.3, 0.4) is 0 Å². The molecule has 1 aromatic rings. The van der Waals surface area contributed by atoms with E-state index in [1.165, 1.54) is 0 Å². The lowest BCUT2D eigenvalue weighted by atomic mass is 9.86. The molecule has 1 saturated carbocycles. The number of aliphatic hydroxyl groups excluding tert-OH is 1. The van der Waals surface area contributed by atoms with E-state index in [1.54, 1.807) is 29.2 Å². The van der Waals surface area contributed by atoms with Gasteiger partial charge in [0.2, 0.25) is 5.91 Å². The average Bonchev–Trinajstić information content (AvgIpc) is 2.95. The second-order valence-corrected chi connectivity index (χ2v) is 6.37. The second kappa shape index (κ2) is 6.48. The van der Waals surface area contributed by atoms with E-state index in [-0.39, 0.29) is 29.6 Å². The number of amides is 1. The Labute approximate surface area is 126 Å². The second-order valence-electron chi connectivity index (χ2n) is 6.37. The van der Waals surface area contributed by atoms with Crippen LogP contribution in [0, 0.1) is 5.41 Å². The van der Waals surface area contributed by atoms with Gasteiger partial charge in [-0.2, -0.15) is 0 Å². The Morgan fingerprint density at radius 1 is 1.29 bits per heavy atom. The first-order valence-electron chi connectivity index (χ1n) is 7.62. The van der Waals surface area contributed by atoms with Gasteiger partial charge in [-0.05, 0) is 37.5 Å². The summed E-state index contributed by atoms with van der Waals surface area (Å²) >= 11 is 0. The minimum Gasteiger partial charge on any atom is -0.508 e. The maximum Gasteiger partial charge on any atom is 0.229 e. The predicted octanol–water partition coefficient (Wildman–Crippen LogP) is 2.51. The number of carbonyl (C=O) groups is 1. The summed E-state index contributed by atoms with van der Waals surface area (Å²) in [6, 6.07) is 6.77. The topological polar surface area (TPSA) is 60.8 Å². The molecule has 0 spiro atoms. The number of nitrogens with zero attached hydrogens (tertiary/aromatic N) is 1. The molecule has 1 aliphatic carbocycles. The van der Waals surface area contributed by atoms with Gasteiger partial charge in [0.1, 0.15) is 5.75 Å². The molecular formula is C17H25NO3. The lowest BCUT2D eigenvalue weighted by Gasteiger charge is -2.33. The molecule has 116 valence electrons. The summed E-state index contributed by atoms with van der Waals surface area (Å²) in [4.78, 5) is 14.3. The van der Waals surface area contributed by atoms with Gasteiger partial charge in [0.15, 0.2) is 0 Å². The van der Waals surface area contributed by atoms with Crippen LogP contribution in [0.5, 0.6) is 5.75 Å². The zero-order valence-electron chi connectivity index (χ0n) is 12.9. The number of carbonyl (C=O) groups excluding carboxylic acids is 1. The molecule has 0 unspecified atom stereocenters. The van der Waals surface area contributed by atoms with Crippen LogP contribution in [0.2, 0.25) is 0 Å². The van der Waals surface area contributed by atoms with E-state index in [9.17, 15) is 15.0 Å². The van der Waals surface area contributed by atoms with Crippen molar-refractivity contribution in [3.63, 3.8) is 0 Å². The largest absolute Gasteiger partial charge is 0.508 e. The first-order valence-corrected chi connectivity index (χ1v) is 7.62. The molecule has 0 aromatic heterocycles. The zero-order valence-corrected chi connectivity index (χ0v) is 12.9. The van der Waals surface area contributed by atoms with Crippen LogP contribution < -0.4 is 0 Å². The highest BCUT2D eigenvalue weighted by Crippen LogP contribution is 2.38. The number of phenols is 1. The van der Waals surface area contributed by atoms with Crippen molar-refractivity contribution in [1.29, 1.82) is 0 Å². The van der Waals surface area contributed by atoms with Gasteiger partial charge in [-0.1, -0.05) is 25.0 Å². The fourth-order valence-corrected chi connectivity index (χ4v) is 3.31. The minimum absolute atomic E-state index is 0.0559. The Balaban J connectivity index is 2.03. The van der Waals surface area contributed by atoms with E-state index in [0.29, 0.717) is 6.54 Å². The Morgan fingerprint density at radius 3 is 2.38 bits per heavy atom. The molecule has 0 heterocycles. The van der Waals surface area contributed by atoms with Crippen LogP contribution in [-0.2, 0) is 4.79 Å². The van der Waals surface area contributed by atoms with E-state index in [1.807, 2.05) is 14.0 Å². The fraction of sp³-hybridized carbons (Fsp3) is 0.588. The average molecular weight is 291 g/mol. The molecule has 1 atom stereocenters. The minimum atomic E-state index is -0.243. The first kappa shape index (κ1) is 15.8. The van der Waals surface area contributed by atoms with Gasteiger partial charge in [0.05, 0.1) is 12.5 Å². The lowest BCUT2D eigenvalue weighted by Crippen LogP contribution is -2.41. The van der Waals surface area contributed by atoms with E-state index >= 15 is 0 Å². The van der Waals surface area contributed by atoms with Gasteiger partial charge < -0.3 is 15.1 Å². The highest BCUT2D eigenvalue weighted by atomic mass is 16.3. The molecule has 0 bridgehead atoms. The number of likely N-dealkylation sites (N-methyl/N-ethyl adjacent to an activating group) is 1. The van der Waals surface area contributed by atoms with Crippen LogP contribution in [-0.4, -0.2) is 41.2 Å². The number of phenolic OH excluding ortho intramolecular Hbond substituents is 1. The summed E-state index contributed by atoms with van der Waals surface area (Å²) in [7, 11) is 1.81. The smallest absolute Gasteiger partial charge is 0.229 e. The Kier molecular flexibility index (Phi) is 4.88. The third kappa shape index (κ3) is 3.56. The number of aromatic hydroxyl groups is 1. The van der Waals surface area contributed by atoms with E-state index < -0.39 is 0 Å². The molecule has 1 aliphatic rings. The van der Waals surface area contributed by atoms with Crippen molar-refractivity contribution in [3.8, 4) is 5.75 Å². The third-order valence-corrected chi connectivity index (χ3v) is 4.71. The Morgan fingerprint density at radius 2 is 1.86 bits per heavy atom. The van der Waals surface area contributed by atoms with Crippen molar-refractivity contribution >= 4 is 5.91 Å². The highest BCUT2D eigenvalue weighted by molar-refractivity contribution is 5.83. The number of aliphatic hydroxyl groups is 1. The summed E-state index contributed by atoms with van der Waals surface area (Å²) in [6.07, 6.45) is 4.26. The summed E-state index contributed by atoms with van der Waals surface area (Å²) in [6.45, 7) is 2.65. The van der Waals surface area contributed by atoms with Crippen LogP contribution >= 0.6 is 0 Å². The molecule has 1 aromatic carbocycles. The van der Waals surface area contributed by atoms with Gasteiger partial charge >= 0.3 is 0 Å².